The van der Waals surface area contributed by atoms with Crippen molar-refractivity contribution in [1.29, 1.82) is 0 Å². The molecule has 0 aliphatic rings. The molecular formula is C13H16N2O3. The first kappa shape index (κ1) is 12.4. The van der Waals surface area contributed by atoms with Crippen molar-refractivity contribution < 1.29 is 13.9 Å². The Hall–Kier alpha value is -2.04. The minimum atomic E-state index is -0.272. The number of hydrogen-bond donors (Lipinski definition) is 0. The van der Waals surface area contributed by atoms with E-state index >= 15 is 0 Å². The van der Waals surface area contributed by atoms with Crippen LogP contribution in [0.1, 0.15) is 13.3 Å². The maximum atomic E-state index is 11.4. The van der Waals surface area contributed by atoms with Crippen LogP contribution < -0.4 is 4.90 Å². The molecule has 0 bridgehead atoms. The molecule has 5 heteroatoms. The zero-order valence-electron chi connectivity index (χ0n) is 10.5. The van der Waals surface area contributed by atoms with Gasteiger partial charge in [0.1, 0.15) is 17.9 Å². The first-order valence-electron chi connectivity index (χ1n) is 5.90. The van der Waals surface area contributed by atoms with Crippen LogP contribution in [0.2, 0.25) is 0 Å². The Kier molecular flexibility index (Phi) is 3.82. The molecule has 0 N–H and O–H groups in total. The summed E-state index contributed by atoms with van der Waals surface area (Å²) < 4.78 is 10.0. The first-order chi connectivity index (χ1) is 8.76. The Morgan fingerprint density at radius 2 is 2.33 bits per heavy atom. The van der Waals surface area contributed by atoms with Gasteiger partial charge >= 0.3 is 5.97 Å². The fourth-order valence-corrected chi connectivity index (χ4v) is 1.88. The van der Waals surface area contributed by atoms with Gasteiger partial charge in [0.25, 0.3) is 0 Å². The van der Waals surface area contributed by atoms with Crippen LogP contribution in [0.3, 0.4) is 0 Å². The van der Waals surface area contributed by atoms with E-state index in [0.717, 1.165) is 29.8 Å². The monoisotopic (exact) mass is 248 g/mol. The summed E-state index contributed by atoms with van der Waals surface area (Å²) in [6, 6.07) is 3.67. The molecule has 2 rings (SSSR count). The Balaban J connectivity index is 2.34. The summed E-state index contributed by atoms with van der Waals surface area (Å²) >= 11 is 0. The normalized spacial score (nSPS) is 10.6. The van der Waals surface area contributed by atoms with Crippen LogP contribution in [-0.4, -0.2) is 31.2 Å². The summed E-state index contributed by atoms with van der Waals surface area (Å²) in [7, 11) is 1.39. The number of ether oxygens (including phenoxy) is 1. The smallest absolute Gasteiger partial charge is 0.325 e. The van der Waals surface area contributed by atoms with E-state index in [2.05, 4.69) is 11.9 Å². The molecule has 0 fully saturated rings. The number of pyridine rings is 1. The molecule has 0 aliphatic heterocycles. The first-order valence-corrected chi connectivity index (χ1v) is 5.90. The second-order valence-electron chi connectivity index (χ2n) is 3.96. The molecular weight excluding hydrogens is 232 g/mol. The van der Waals surface area contributed by atoms with Crippen molar-refractivity contribution in [3.8, 4) is 0 Å². The van der Waals surface area contributed by atoms with E-state index in [1.165, 1.54) is 7.11 Å². The molecule has 0 saturated carbocycles. The highest BCUT2D eigenvalue weighted by molar-refractivity contribution is 5.90. The molecule has 2 heterocycles. The summed E-state index contributed by atoms with van der Waals surface area (Å²) in [5.74, 6) is 0.485. The minimum absolute atomic E-state index is 0.196. The molecule has 0 spiro atoms. The molecule has 0 unspecified atom stereocenters. The van der Waals surface area contributed by atoms with Crippen LogP contribution in [0.25, 0.3) is 11.0 Å². The van der Waals surface area contributed by atoms with Crippen LogP contribution in [0.5, 0.6) is 0 Å². The molecule has 0 atom stereocenters. The van der Waals surface area contributed by atoms with E-state index < -0.39 is 0 Å². The summed E-state index contributed by atoms with van der Waals surface area (Å²) in [5.41, 5.74) is 0.769. The predicted molar refractivity (Wildman–Crippen MR) is 68.5 cm³/mol. The number of carbonyl (C=O) groups excluding carboxylic acids is 1. The van der Waals surface area contributed by atoms with Crippen molar-refractivity contribution in [3.63, 3.8) is 0 Å². The van der Waals surface area contributed by atoms with E-state index in [1.807, 2.05) is 11.0 Å². The standard InChI is InChI=1S/C13H16N2O3/c1-3-7-15(9-12(16)17-2)13-10-5-8-18-11(10)4-6-14-13/h4-6,8H,3,7,9H2,1-2H3. The van der Waals surface area contributed by atoms with Crippen molar-refractivity contribution in [2.24, 2.45) is 0 Å². The van der Waals surface area contributed by atoms with Gasteiger partial charge in [-0.2, -0.15) is 0 Å². The van der Waals surface area contributed by atoms with E-state index in [1.54, 1.807) is 18.5 Å². The number of nitrogens with zero attached hydrogens (tertiary/aromatic N) is 2. The number of aromatic nitrogens is 1. The average molecular weight is 248 g/mol. The number of rotatable bonds is 5. The molecule has 0 aromatic carbocycles. The van der Waals surface area contributed by atoms with Crippen molar-refractivity contribution in [2.45, 2.75) is 13.3 Å². The number of hydrogen-bond acceptors (Lipinski definition) is 5. The number of methoxy groups -OCH3 is 1. The van der Waals surface area contributed by atoms with Gasteiger partial charge < -0.3 is 14.1 Å². The van der Waals surface area contributed by atoms with Gasteiger partial charge in [-0.1, -0.05) is 6.92 Å². The highest BCUT2D eigenvalue weighted by Gasteiger charge is 2.15. The summed E-state index contributed by atoms with van der Waals surface area (Å²) in [6.45, 7) is 2.99. The summed E-state index contributed by atoms with van der Waals surface area (Å²) in [5, 5.41) is 0.912. The molecule has 5 nitrogen and oxygen atoms in total. The fourth-order valence-electron chi connectivity index (χ4n) is 1.88. The third kappa shape index (κ3) is 2.45. The molecule has 96 valence electrons. The van der Waals surface area contributed by atoms with Gasteiger partial charge in [-0.3, -0.25) is 4.79 Å². The van der Waals surface area contributed by atoms with Crippen molar-refractivity contribution in [3.05, 3.63) is 24.6 Å². The second-order valence-corrected chi connectivity index (χ2v) is 3.96. The minimum Gasteiger partial charge on any atom is -0.468 e. The zero-order chi connectivity index (χ0) is 13.0. The third-order valence-electron chi connectivity index (χ3n) is 2.70. The molecule has 2 aromatic rings. The van der Waals surface area contributed by atoms with Crippen LogP contribution in [-0.2, 0) is 9.53 Å². The van der Waals surface area contributed by atoms with E-state index in [0.29, 0.717) is 0 Å². The summed E-state index contributed by atoms with van der Waals surface area (Å²) in [6.07, 6.45) is 4.23. The van der Waals surface area contributed by atoms with Crippen LogP contribution in [0.4, 0.5) is 5.82 Å². The number of fused-ring (bicyclic) bond motifs is 1. The van der Waals surface area contributed by atoms with E-state index in [4.69, 9.17) is 9.15 Å². The second kappa shape index (κ2) is 5.53. The molecule has 0 amide bonds. The Morgan fingerprint density at radius 3 is 3.06 bits per heavy atom. The molecule has 0 radical (unpaired) electrons. The SMILES string of the molecule is CCCN(CC(=O)OC)c1nccc2occc12. The lowest BCUT2D eigenvalue weighted by Gasteiger charge is -2.22. The van der Waals surface area contributed by atoms with Crippen molar-refractivity contribution in [2.75, 3.05) is 25.1 Å². The Morgan fingerprint density at radius 1 is 1.50 bits per heavy atom. The highest BCUT2D eigenvalue weighted by Crippen LogP contribution is 2.25. The number of carbonyl (C=O) groups is 1. The number of anilines is 1. The van der Waals surface area contributed by atoms with E-state index in [9.17, 15) is 4.79 Å². The molecule has 18 heavy (non-hydrogen) atoms. The van der Waals surface area contributed by atoms with Crippen molar-refractivity contribution >= 4 is 22.8 Å². The zero-order valence-corrected chi connectivity index (χ0v) is 10.5. The molecule has 0 aliphatic carbocycles. The van der Waals surface area contributed by atoms with Gasteiger partial charge in [-0.15, -0.1) is 0 Å². The topological polar surface area (TPSA) is 55.6 Å². The van der Waals surface area contributed by atoms with Gasteiger partial charge in [-0.05, 0) is 18.6 Å². The fraction of sp³-hybridized carbons (Fsp3) is 0.385. The molecule has 0 saturated heterocycles. The lowest BCUT2D eigenvalue weighted by atomic mass is 10.2. The summed E-state index contributed by atoms with van der Waals surface area (Å²) in [4.78, 5) is 17.7. The van der Waals surface area contributed by atoms with Crippen LogP contribution >= 0.6 is 0 Å². The van der Waals surface area contributed by atoms with Crippen LogP contribution in [0.15, 0.2) is 29.0 Å². The lowest BCUT2D eigenvalue weighted by Crippen LogP contribution is -2.32. The predicted octanol–water partition coefficient (Wildman–Crippen LogP) is 2.22. The number of furan rings is 1. The largest absolute Gasteiger partial charge is 0.468 e. The third-order valence-corrected chi connectivity index (χ3v) is 2.70. The Bertz CT molecular complexity index is 536. The van der Waals surface area contributed by atoms with Gasteiger partial charge in [-0.25, -0.2) is 4.98 Å². The quantitative estimate of drug-likeness (QED) is 0.759. The maximum Gasteiger partial charge on any atom is 0.325 e. The Labute approximate surface area is 105 Å². The van der Waals surface area contributed by atoms with Gasteiger partial charge in [0, 0.05) is 12.7 Å². The maximum absolute atomic E-state index is 11.4. The van der Waals surface area contributed by atoms with Gasteiger partial charge in [0.05, 0.1) is 18.8 Å². The van der Waals surface area contributed by atoms with Gasteiger partial charge in [0.15, 0.2) is 0 Å². The highest BCUT2D eigenvalue weighted by atomic mass is 16.5. The van der Waals surface area contributed by atoms with Crippen molar-refractivity contribution in [1.82, 2.24) is 4.98 Å². The average Bonchev–Trinajstić information content (AvgIpc) is 2.86. The lowest BCUT2D eigenvalue weighted by molar-refractivity contribution is -0.138. The number of esters is 1. The molecule has 2 aromatic heterocycles. The van der Waals surface area contributed by atoms with Gasteiger partial charge in [0.2, 0.25) is 0 Å². The van der Waals surface area contributed by atoms with Crippen LogP contribution in [0, 0.1) is 0 Å². The van der Waals surface area contributed by atoms with E-state index in [-0.39, 0.29) is 12.5 Å².